The van der Waals surface area contributed by atoms with Crippen LogP contribution in [0.5, 0.6) is 5.75 Å². The van der Waals surface area contributed by atoms with Crippen LogP contribution < -0.4 is 26.4 Å². The predicted molar refractivity (Wildman–Crippen MR) is 139 cm³/mol. The van der Waals surface area contributed by atoms with Gasteiger partial charge in [0.25, 0.3) is 11.8 Å². The number of carbonyl (C=O) groups excluding carboxylic acids is 3. The largest absolute Gasteiger partial charge is 0.497 e. The standard InChI is InChI=1S/C26H28FN5O4S/c1-36-19-12-10-15(11-13-19)22(25(34)30-17-7-3-2-4-8-17)32(18-9-5-6-16(27)14-18)26(35)23-20(28)21(24(29)33)31-37-23/h5-6,9-14,17,22H,2-4,7-8,28H2,1H3,(H2,29,33)(H,30,34). The fraction of sp³-hybridized carbons (Fsp3) is 0.308. The summed E-state index contributed by atoms with van der Waals surface area (Å²) in [7, 11) is 1.52. The van der Waals surface area contributed by atoms with E-state index in [1.807, 2.05) is 0 Å². The lowest BCUT2D eigenvalue weighted by Crippen LogP contribution is -2.47. The lowest BCUT2D eigenvalue weighted by atomic mass is 9.94. The minimum Gasteiger partial charge on any atom is -0.497 e. The minimum absolute atomic E-state index is 0.0404. The first-order valence-corrected chi connectivity index (χ1v) is 12.7. The number of hydrogen-bond donors (Lipinski definition) is 3. The van der Waals surface area contributed by atoms with Crippen LogP contribution in [0.15, 0.2) is 48.5 Å². The number of primary amides is 1. The number of aromatic nitrogens is 1. The highest BCUT2D eigenvalue weighted by atomic mass is 32.1. The molecule has 3 amide bonds. The number of benzene rings is 2. The second-order valence-electron chi connectivity index (χ2n) is 8.81. The average Bonchev–Trinajstić information content (AvgIpc) is 3.29. The van der Waals surface area contributed by atoms with Gasteiger partial charge in [0, 0.05) is 11.7 Å². The molecule has 11 heteroatoms. The maximum Gasteiger partial charge on any atom is 0.273 e. The Hall–Kier alpha value is -3.99. The molecule has 1 atom stereocenters. The van der Waals surface area contributed by atoms with Crippen molar-refractivity contribution in [3.63, 3.8) is 0 Å². The van der Waals surface area contributed by atoms with E-state index >= 15 is 0 Å². The normalized spacial score (nSPS) is 14.5. The number of nitrogen functional groups attached to an aromatic ring is 1. The Kier molecular flexibility index (Phi) is 8.02. The van der Waals surface area contributed by atoms with Crippen molar-refractivity contribution >= 4 is 40.6 Å². The fourth-order valence-corrected chi connectivity index (χ4v) is 5.22. The number of nitrogens with one attached hydrogen (secondary N) is 1. The summed E-state index contributed by atoms with van der Waals surface area (Å²) in [6.07, 6.45) is 4.77. The molecule has 1 fully saturated rings. The van der Waals surface area contributed by atoms with Crippen LogP contribution >= 0.6 is 11.5 Å². The number of anilines is 2. The smallest absolute Gasteiger partial charge is 0.273 e. The molecule has 4 rings (SSSR count). The van der Waals surface area contributed by atoms with Gasteiger partial charge in [0.05, 0.1) is 12.8 Å². The summed E-state index contributed by atoms with van der Waals surface area (Å²) in [6.45, 7) is 0. The zero-order valence-corrected chi connectivity index (χ0v) is 21.1. The van der Waals surface area contributed by atoms with Gasteiger partial charge in [-0.1, -0.05) is 37.5 Å². The predicted octanol–water partition coefficient (Wildman–Crippen LogP) is 3.81. The third-order valence-corrected chi connectivity index (χ3v) is 7.20. The van der Waals surface area contributed by atoms with Crippen LogP contribution in [0.1, 0.15) is 63.9 Å². The molecule has 9 nitrogen and oxygen atoms in total. The van der Waals surface area contributed by atoms with Gasteiger partial charge in [-0.3, -0.25) is 19.3 Å². The number of ether oxygens (including phenoxy) is 1. The molecule has 1 aliphatic carbocycles. The van der Waals surface area contributed by atoms with E-state index < -0.39 is 29.6 Å². The SMILES string of the molecule is COc1ccc(C(C(=O)NC2CCCCC2)N(C(=O)c2snc(C(N)=O)c2N)c2cccc(F)c2)cc1. The molecule has 3 aromatic rings. The van der Waals surface area contributed by atoms with Gasteiger partial charge in [0.15, 0.2) is 5.69 Å². The number of hydrogen-bond acceptors (Lipinski definition) is 7. The monoisotopic (exact) mass is 525 g/mol. The summed E-state index contributed by atoms with van der Waals surface area (Å²) >= 11 is 0.693. The fourth-order valence-electron chi connectivity index (χ4n) is 4.48. The Morgan fingerprint density at radius 3 is 2.43 bits per heavy atom. The third kappa shape index (κ3) is 5.72. The van der Waals surface area contributed by atoms with Crippen LogP contribution in [-0.4, -0.2) is 35.2 Å². The van der Waals surface area contributed by atoms with Crippen LogP contribution in [-0.2, 0) is 4.79 Å². The Balaban J connectivity index is 1.84. The van der Waals surface area contributed by atoms with Crippen molar-refractivity contribution in [1.82, 2.24) is 9.69 Å². The summed E-state index contributed by atoms with van der Waals surface area (Å²) in [5, 5.41) is 3.08. The first kappa shape index (κ1) is 26.1. The highest BCUT2D eigenvalue weighted by Crippen LogP contribution is 2.34. The molecular weight excluding hydrogens is 497 g/mol. The molecule has 5 N–H and O–H groups in total. The number of nitrogens with two attached hydrogens (primary N) is 2. The molecule has 0 aliphatic heterocycles. The van der Waals surface area contributed by atoms with Gasteiger partial charge in [-0.05, 0) is 60.3 Å². The Labute approximate surface area is 217 Å². The van der Waals surface area contributed by atoms with Gasteiger partial charge >= 0.3 is 0 Å². The molecule has 0 radical (unpaired) electrons. The number of methoxy groups -OCH3 is 1. The quantitative estimate of drug-likeness (QED) is 0.408. The number of rotatable bonds is 8. The molecule has 1 heterocycles. The van der Waals surface area contributed by atoms with E-state index in [4.69, 9.17) is 16.2 Å². The first-order valence-electron chi connectivity index (χ1n) is 11.9. The highest BCUT2D eigenvalue weighted by Gasteiger charge is 2.37. The van der Waals surface area contributed by atoms with Crippen LogP contribution in [0.4, 0.5) is 15.8 Å². The maximum atomic E-state index is 14.4. The summed E-state index contributed by atoms with van der Waals surface area (Å²) in [5.41, 5.74) is 11.6. The minimum atomic E-state index is -1.18. The molecule has 0 spiro atoms. The lowest BCUT2D eigenvalue weighted by molar-refractivity contribution is -0.123. The maximum absolute atomic E-state index is 14.4. The van der Waals surface area contributed by atoms with Crippen molar-refractivity contribution < 1.29 is 23.5 Å². The Bertz CT molecular complexity index is 1290. The number of nitrogens with zero attached hydrogens (tertiary/aromatic N) is 2. The van der Waals surface area contributed by atoms with Crippen LogP contribution in [0.2, 0.25) is 0 Å². The van der Waals surface area contributed by atoms with Crippen molar-refractivity contribution in [1.29, 1.82) is 0 Å². The van der Waals surface area contributed by atoms with Crippen molar-refractivity contribution in [2.24, 2.45) is 5.73 Å². The molecule has 37 heavy (non-hydrogen) atoms. The Morgan fingerprint density at radius 2 is 1.84 bits per heavy atom. The van der Waals surface area contributed by atoms with Gasteiger partial charge in [-0.25, -0.2) is 4.39 Å². The summed E-state index contributed by atoms with van der Waals surface area (Å²) in [4.78, 5) is 40.7. The second-order valence-corrected chi connectivity index (χ2v) is 9.59. The van der Waals surface area contributed by atoms with E-state index in [1.54, 1.807) is 24.3 Å². The van der Waals surface area contributed by atoms with Gasteiger partial charge in [0.2, 0.25) is 5.91 Å². The van der Waals surface area contributed by atoms with Gasteiger partial charge in [0.1, 0.15) is 22.5 Å². The number of carbonyl (C=O) groups is 3. The van der Waals surface area contributed by atoms with E-state index in [1.165, 1.54) is 30.2 Å². The van der Waals surface area contributed by atoms with Gasteiger partial charge in [-0.2, -0.15) is 4.37 Å². The van der Waals surface area contributed by atoms with E-state index in [9.17, 15) is 18.8 Å². The zero-order valence-electron chi connectivity index (χ0n) is 20.3. The van der Waals surface area contributed by atoms with E-state index in [2.05, 4.69) is 9.69 Å². The molecule has 0 saturated heterocycles. The van der Waals surface area contributed by atoms with E-state index in [0.29, 0.717) is 22.8 Å². The zero-order chi connectivity index (χ0) is 26.5. The lowest BCUT2D eigenvalue weighted by Gasteiger charge is -2.33. The van der Waals surface area contributed by atoms with Crippen LogP contribution in [0.25, 0.3) is 0 Å². The molecule has 194 valence electrons. The van der Waals surface area contributed by atoms with Gasteiger partial charge in [-0.15, -0.1) is 0 Å². The van der Waals surface area contributed by atoms with Crippen molar-refractivity contribution in [3.05, 3.63) is 70.5 Å². The number of halogens is 1. The number of amides is 3. The summed E-state index contributed by atoms with van der Waals surface area (Å²) < 4.78 is 23.5. The molecule has 1 aromatic heterocycles. The molecule has 0 bridgehead atoms. The van der Waals surface area contributed by atoms with Crippen molar-refractivity contribution in [3.8, 4) is 5.75 Å². The highest BCUT2D eigenvalue weighted by molar-refractivity contribution is 7.09. The van der Waals surface area contributed by atoms with E-state index in [-0.39, 0.29) is 28.0 Å². The molecular formula is C26H28FN5O4S. The van der Waals surface area contributed by atoms with Gasteiger partial charge < -0.3 is 21.5 Å². The molecule has 1 saturated carbocycles. The second kappa shape index (κ2) is 11.4. The third-order valence-electron chi connectivity index (χ3n) is 6.35. The first-order chi connectivity index (χ1) is 17.8. The van der Waals surface area contributed by atoms with Crippen LogP contribution in [0.3, 0.4) is 0 Å². The Morgan fingerprint density at radius 1 is 1.14 bits per heavy atom. The molecule has 1 aliphatic rings. The van der Waals surface area contributed by atoms with Crippen molar-refractivity contribution in [2.45, 2.75) is 44.2 Å². The molecule has 2 aromatic carbocycles. The summed E-state index contributed by atoms with van der Waals surface area (Å²) in [5.74, 6) is -2.05. The van der Waals surface area contributed by atoms with E-state index in [0.717, 1.165) is 38.2 Å². The molecule has 1 unspecified atom stereocenters. The van der Waals surface area contributed by atoms with Crippen molar-refractivity contribution in [2.75, 3.05) is 17.7 Å². The summed E-state index contributed by atoms with van der Waals surface area (Å²) in [6, 6.07) is 10.9. The average molecular weight is 526 g/mol. The topological polar surface area (TPSA) is 141 Å². The van der Waals surface area contributed by atoms with Crippen LogP contribution in [0, 0.1) is 5.82 Å².